The van der Waals surface area contributed by atoms with Gasteiger partial charge in [-0.15, -0.1) is 5.54 Å². The van der Waals surface area contributed by atoms with Crippen molar-refractivity contribution in [1.29, 1.82) is 0 Å². The van der Waals surface area contributed by atoms with E-state index in [0.717, 1.165) is 5.56 Å². The lowest BCUT2D eigenvalue weighted by Crippen LogP contribution is -2.16. The fraction of sp³-hybridized carbons (Fsp3) is 0.333. The summed E-state index contributed by atoms with van der Waals surface area (Å²) >= 11 is 2.28. The molecule has 94 valence electrons. The van der Waals surface area contributed by atoms with Gasteiger partial charge >= 0.3 is 0 Å². The summed E-state index contributed by atoms with van der Waals surface area (Å²) in [6.07, 6.45) is 0. The van der Waals surface area contributed by atoms with Crippen LogP contribution in [0.4, 0.5) is 0 Å². The van der Waals surface area contributed by atoms with Crippen LogP contribution in [0.1, 0.15) is 5.56 Å². The van der Waals surface area contributed by atoms with Crippen LogP contribution in [0.15, 0.2) is 24.3 Å². The lowest BCUT2D eigenvalue weighted by atomic mass is 10.2. The SMILES string of the molecule is C[Si](C)(C)C#CCOCC#Cc1ccc(I)cc1. The van der Waals surface area contributed by atoms with Crippen LogP contribution < -0.4 is 0 Å². The predicted octanol–water partition coefficient (Wildman–Crippen LogP) is 3.54. The van der Waals surface area contributed by atoms with Gasteiger partial charge < -0.3 is 4.74 Å². The lowest BCUT2D eigenvalue weighted by Gasteiger charge is -2.02. The summed E-state index contributed by atoms with van der Waals surface area (Å²) < 4.78 is 6.57. The van der Waals surface area contributed by atoms with E-state index in [4.69, 9.17) is 4.74 Å². The molecule has 0 bridgehead atoms. The first-order chi connectivity index (χ1) is 8.47. The Morgan fingerprint density at radius 1 is 1.06 bits per heavy atom. The van der Waals surface area contributed by atoms with Gasteiger partial charge in [0.05, 0.1) is 0 Å². The smallest absolute Gasteiger partial charge is 0.129 e. The highest BCUT2D eigenvalue weighted by Gasteiger charge is 2.06. The molecule has 0 amide bonds. The summed E-state index contributed by atoms with van der Waals surface area (Å²) in [6.45, 7) is 7.57. The molecule has 0 fully saturated rings. The monoisotopic (exact) mass is 368 g/mol. The molecular formula is C15H17IOSi. The summed E-state index contributed by atoms with van der Waals surface area (Å²) in [5, 5.41) is 0. The number of ether oxygens (including phenoxy) is 1. The van der Waals surface area contributed by atoms with E-state index in [0.29, 0.717) is 13.2 Å². The van der Waals surface area contributed by atoms with Gasteiger partial charge in [-0.05, 0) is 46.9 Å². The van der Waals surface area contributed by atoms with Crippen LogP contribution in [0.5, 0.6) is 0 Å². The first kappa shape index (κ1) is 15.3. The standard InChI is InChI=1S/C15H17IOSi/c1-18(2,3)13-5-12-17-11-4-6-14-7-9-15(16)10-8-14/h7-10H,11-12H2,1-3H3. The Kier molecular flexibility index (Phi) is 6.49. The highest BCUT2D eigenvalue weighted by molar-refractivity contribution is 14.1. The molecule has 1 rings (SSSR count). The quantitative estimate of drug-likeness (QED) is 0.336. The molecule has 1 aromatic rings. The molecule has 3 heteroatoms. The summed E-state index contributed by atoms with van der Waals surface area (Å²) in [5.74, 6) is 9.10. The van der Waals surface area contributed by atoms with E-state index in [1.807, 2.05) is 24.3 Å². The van der Waals surface area contributed by atoms with Crippen molar-refractivity contribution >= 4 is 30.7 Å². The summed E-state index contributed by atoms with van der Waals surface area (Å²) in [6, 6.07) is 8.12. The van der Waals surface area contributed by atoms with Gasteiger partial charge in [0.15, 0.2) is 0 Å². The van der Waals surface area contributed by atoms with E-state index in [1.165, 1.54) is 3.57 Å². The van der Waals surface area contributed by atoms with Crippen LogP contribution in [-0.4, -0.2) is 21.3 Å². The second kappa shape index (κ2) is 7.63. The molecular weight excluding hydrogens is 351 g/mol. The topological polar surface area (TPSA) is 9.23 Å². The van der Waals surface area contributed by atoms with Crippen molar-refractivity contribution in [3.05, 3.63) is 33.4 Å². The van der Waals surface area contributed by atoms with Gasteiger partial charge in [-0.3, -0.25) is 0 Å². The normalized spacial score (nSPS) is 10.0. The second-order valence-electron chi connectivity index (χ2n) is 4.85. The average molecular weight is 368 g/mol. The van der Waals surface area contributed by atoms with Crippen molar-refractivity contribution in [3.8, 4) is 23.3 Å². The Morgan fingerprint density at radius 2 is 1.67 bits per heavy atom. The van der Waals surface area contributed by atoms with Crippen molar-refractivity contribution < 1.29 is 4.74 Å². The zero-order valence-electron chi connectivity index (χ0n) is 11.0. The Balaban J connectivity index is 2.30. The van der Waals surface area contributed by atoms with E-state index in [-0.39, 0.29) is 0 Å². The van der Waals surface area contributed by atoms with E-state index < -0.39 is 8.07 Å². The molecule has 0 heterocycles. The first-order valence-corrected chi connectivity index (χ1v) is 10.4. The zero-order valence-corrected chi connectivity index (χ0v) is 14.2. The highest BCUT2D eigenvalue weighted by Crippen LogP contribution is 2.05. The Bertz CT molecular complexity index is 492. The van der Waals surface area contributed by atoms with Crippen molar-refractivity contribution in [3.63, 3.8) is 0 Å². The first-order valence-electron chi connectivity index (χ1n) is 5.79. The third-order valence-electron chi connectivity index (χ3n) is 1.89. The average Bonchev–Trinajstić information content (AvgIpc) is 2.29. The lowest BCUT2D eigenvalue weighted by molar-refractivity contribution is 0.204. The van der Waals surface area contributed by atoms with Gasteiger partial charge in [0.1, 0.15) is 21.3 Å². The number of hydrogen-bond acceptors (Lipinski definition) is 1. The van der Waals surface area contributed by atoms with Crippen LogP contribution in [0.25, 0.3) is 0 Å². The third kappa shape index (κ3) is 7.55. The summed E-state index contributed by atoms with van der Waals surface area (Å²) in [7, 11) is -1.26. The van der Waals surface area contributed by atoms with Gasteiger partial charge in [0, 0.05) is 9.13 Å². The van der Waals surface area contributed by atoms with Crippen molar-refractivity contribution in [2.24, 2.45) is 0 Å². The number of hydrogen-bond donors (Lipinski definition) is 0. The number of halogens is 1. The van der Waals surface area contributed by atoms with Gasteiger partial charge in [0.25, 0.3) is 0 Å². The van der Waals surface area contributed by atoms with Crippen LogP contribution in [0, 0.1) is 26.9 Å². The maximum Gasteiger partial charge on any atom is 0.129 e. The molecule has 0 unspecified atom stereocenters. The second-order valence-corrected chi connectivity index (χ2v) is 10.8. The molecule has 0 aromatic heterocycles. The highest BCUT2D eigenvalue weighted by atomic mass is 127. The molecule has 0 aliphatic heterocycles. The van der Waals surface area contributed by atoms with Crippen LogP contribution in [0.3, 0.4) is 0 Å². The molecule has 1 aromatic carbocycles. The maximum absolute atomic E-state index is 5.35. The van der Waals surface area contributed by atoms with E-state index in [2.05, 4.69) is 65.5 Å². The minimum atomic E-state index is -1.26. The van der Waals surface area contributed by atoms with E-state index in [1.54, 1.807) is 0 Å². The Morgan fingerprint density at radius 3 is 2.28 bits per heavy atom. The van der Waals surface area contributed by atoms with E-state index in [9.17, 15) is 0 Å². The Labute approximate surface area is 124 Å². The van der Waals surface area contributed by atoms with Gasteiger partial charge in [0.2, 0.25) is 0 Å². The molecule has 0 radical (unpaired) electrons. The van der Waals surface area contributed by atoms with E-state index >= 15 is 0 Å². The summed E-state index contributed by atoms with van der Waals surface area (Å²) in [5.41, 5.74) is 4.27. The van der Waals surface area contributed by atoms with Crippen molar-refractivity contribution in [2.75, 3.05) is 13.2 Å². The molecule has 0 spiro atoms. The van der Waals surface area contributed by atoms with Crippen molar-refractivity contribution in [2.45, 2.75) is 19.6 Å². The molecule has 0 aliphatic rings. The number of rotatable bonds is 2. The molecule has 18 heavy (non-hydrogen) atoms. The van der Waals surface area contributed by atoms with Gasteiger partial charge in [-0.1, -0.05) is 37.4 Å². The van der Waals surface area contributed by atoms with Crippen molar-refractivity contribution in [1.82, 2.24) is 0 Å². The Hall–Kier alpha value is -0.753. The molecule has 0 atom stereocenters. The number of benzene rings is 1. The third-order valence-corrected chi connectivity index (χ3v) is 3.53. The maximum atomic E-state index is 5.35. The van der Waals surface area contributed by atoms with Gasteiger partial charge in [-0.2, -0.15) is 0 Å². The molecule has 0 saturated carbocycles. The molecule has 0 N–H and O–H groups in total. The van der Waals surface area contributed by atoms with Gasteiger partial charge in [-0.25, -0.2) is 0 Å². The summed E-state index contributed by atoms with van der Waals surface area (Å²) in [4.78, 5) is 0. The minimum Gasteiger partial charge on any atom is -0.356 e. The fourth-order valence-corrected chi connectivity index (χ4v) is 2.09. The van der Waals surface area contributed by atoms with Crippen LogP contribution >= 0.6 is 22.6 Å². The molecule has 1 nitrogen and oxygen atoms in total. The molecule has 0 saturated heterocycles. The van der Waals surface area contributed by atoms with Crippen LogP contribution in [0.2, 0.25) is 19.6 Å². The predicted molar refractivity (Wildman–Crippen MR) is 88.0 cm³/mol. The molecule has 0 aliphatic carbocycles. The fourth-order valence-electron chi connectivity index (χ4n) is 1.13. The minimum absolute atomic E-state index is 0.437. The van der Waals surface area contributed by atoms with Crippen LogP contribution in [-0.2, 0) is 4.74 Å². The largest absolute Gasteiger partial charge is 0.356 e. The zero-order chi connectivity index (χ0) is 13.4.